The van der Waals surface area contributed by atoms with E-state index in [0.717, 1.165) is 0 Å². The molecule has 2 rings (SSSR count). The van der Waals surface area contributed by atoms with Crippen molar-refractivity contribution in [2.24, 2.45) is 0 Å². The van der Waals surface area contributed by atoms with Crippen LogP contribution in [-0.2, 0) is 20.3 Å². The standard InChI is InChI=1S/C13H16FNO3S/c1-10(13(16)15-6-8-18-9-7-15)19(17)12-5-3-2-4-11(12)14/h2-5,10H,6-9H2,1H3. The molecule has 4 nitrogen and oxygen atoms in total. The summed E-state index contributed by atoms with van der Waals surface area (Å²) in [5.74, 6) is -0.757. The van der Waals surface area contributed by atoms with E-state index in [2.05, 4.69) is 0 Å². The summed E-state index contributed by atoms with van der Waals surface area (Å²) in [6.45, 7) is 3.55. The van der Waals surface area contributed by atoms with E-state index in [1.807, 2.05) is 0 Å². The highest BCUT2D eigenvalue weighted by Gasteiger charge is 2.28. The number of nitrogens with zero attached hydrogens (tertiary/aromatic N) is 1. The lowest BCUT2D eigenvalue weighted by Crippen LogP contribution is -2.46. The van der Waals surface area contributed by atoms with E-state index in [0.29, 0.717) is 26.3 Å². The summed E-state index contributed by atoms with van der Waals surface area (Å²) in [6, 6.07) is 5.85. The number of benzene rings is 1. The van der Waals surface area contributed by atoms with Crippen LogP contribution < -0.4 is 0 Å². The van der Waals surface area contributed by atoms with Crippen molar-refractivity contribution in [1.29, 1.82) is 0 Å². The Kier molecular flexibility index (Phi) is 4.66. The number of halogens is 1. The zero-order valence-corrected chi connectivity index (χ0v) is 11.5. The fourth-order valence-electron chi connectivity index (χ4n) is 1.93. The van der Waals surface area contributed by atoms with Crippen molar-refractivity contribution >= 4 is 16.7 Å². The number of hydrogen-bond acceptors (Lipinski definition) is 3. The molecule has 1 heterocycles. The maximum absolute atomic E-state index is 13.6. The first-order valence-electron chi connectivity index (χ1n) is 6.13. The third-order valence-electron chi connectivity index (χ3n) is 3.05. The van der Waals surface area contributed by atoms with Crippen molar-refractivity contribution in [3.8, 4) is 0 Å². The first-order chi connectivity index (χ1) is 9.11. The Bertz CT molecular complexity index is 489. The van der Waals surface area contributed by atoms with E-state index >= 15 is 0 Å². The number of carbonyl (C=O) groups excluding carboxylic acids is 1. The summed E-state index contributed by atoms with van der Waals surface area (Å²) in [7, 11) is -1.68. The van der Waals surface area contributed by atoms with Gasteiger partial charge in [-0.2, -0.15) is 0 Å². The second kappa shape index (κ2) is 6.25. The topological polar surface area (TPSA) is 46.6 Å². The molecule has 104 valence electrons. The predicted octanol–water partition coefficient (Wildman–Crippen LogP) is 1.18. The number of ether oxygens (including phenoxy) is 1. The van der Waals surface area contributed by atoms with Gasteiger partial charge in [0.25, 0.3) is 0 Å². The highest BCUT2D eigenvalue weighted by Crippen LogP contribution is 2.17. The molecule has 1 aliphatic rings. The Balaban J connectivity index is 2.10. The van der Waals surface area contributed by atoms with Gasteiger partial charge in [0.1, 0.15) is 11.1 Å². The maximum atomic E-state index is 13.6. The van der Waals surface area contributed by atoms with Gasteiger partial charge in [-0.25, -0.2) is 4.39 Å². The Labute approximate surface area is 114 Å². The van der Waals surface area contributed by atoms with E-state index in [-0.39, 0.29) is 10.8 Å². The molecule has 0 bridgehead atoms. The maximum Gasteiger partial charge on any atom is 0.238 e. The molecule has 0 N–H and O–H groups in total. The van der Waals surface area contributed by atoms with Crippen molar-refractivity contribution in [2.45, 2.75) is 17.1 Å². The lowest BCUT2D eigenvalue weighted by Gasteiger charge is -2.29. The normalized spacial score (nSPS) is 18.9. The molecular formula is C13H16FNO3S. The highest BCUT2D eigenvalue weighted by molar-refractivity contribution is 7.86. The Hall–Kier alpha value is -1.27. The van der Waals surface area contributed by atoms with Crippen molar-refractivity contribution in [1.82, 2.24) is 4.90 Å². The molecule has 1 aromatic carbocycles. The van der Waals surface area contributed by atoms with Gasteiger partial charge in [-0.05, 0) is 19.1 Å². The first-order valence-corrected chi connectivity index (χ1v) is 7.34. The fraction of sp³-hybridized carbons (Fsp3) is 0.462. The molecule has 0 spiro atoms. The zero-order valence-electron chi connectivity index (χ0n) is 10.7. The minimum Gasteiger partial charge on any atom is -0.378 e. The minimum atomic E-state index is -1.68. The van der Waals surface area contributed by atoms with Gasteiger partial charge in [0.2, 0.25) is 5.91 Å². The highest BCUT2D eigenvalue weighted by atomic mass is 32.2. The molecule has 1 amide bonds. The average molecular weight is 285 g/mol. The van der Waals surface area contributed by atoms with Crippen LogP contribution in [0.5, 0.6) is 0 Å². The molecule has 0 saturated carbocycles. The van der Waals surface area contributed by atoms with Crippen LogP contribution in [0, 0.1) is 5.82 Å². The zero-order chi connectivity index (χ0) is 13.8. The van der Waals surface area contributed by atoms with Crippen LogP contribution in [0.2, 0.25) is 0 Å². The van der Waals surface area contributed by atoms with Crippen LogP contribution in [0.3, 0.4) is 0 Å². The molecule has 1 fully saturated rings. The Morgan fingerprint density at radius 2 is 2.00 bits per heavy atom. The van der Waals surface area contributed by atoms with Crippen LogP contribution >= 0.6 is 0 Å². The summed E-state index contributed by atoms with van der Waals surface area (Å²) >= 11 is 0. The van der Waals surface area contributed by atoms with Gasteiger partial charge in [-0.15, -0.1) is 0 Å². The van der Waals surface area contributed by atoms with Gasteiger partial charge in [0, 0.05) is 13.1 Å². The van der Waals surface area contributed by atoms with Crippen molar-refractivity contribution in [3.05, 3.63) is 30.1 Å². The van der Waals surface area contributed by atoms with Gasteiger partial charge < -0.3 is 9.64 Å². The summed E-state index contributed by atoms with van der Waals surface area (Å²) < 4.78 is 31.0. The summed E-state index contributed by atoms with van der Waals surface area (Å²) in [4.78, 5) is 13.9. The van der Waals surface area contributed by atoms with Crippen LogP contribution in [-0.4, -0.2) is 46.6 Å². The molecule has 1 aromatic rings. The van der Waals surface area contributed by atoms with Crippen LogP contribution in [0.15, 0.2) is 29.2 Å². The third kappa shape index (κ3) is 3.19. The summed E-state index contributed by atoms with van der Waals surface area (Å²) in [5, 5.41) is -0.755. The van der Waals surface area contributed by atoms with Gasteiger partial charge in [-0.1, -0.05) is 12.1 Å². The van der Waals surface area contributed by atoms with Crippen LogP contribution in [0.1, 0.15) is 6.92 Å². The summed E-state index contributed by atoms with van der Waals surface area (Å²) in [5.41, 5.74) is 0. The molecule has 0 radical (unpaired) electrons. The molecule has 0 aliphatic carbocycles. The second-order valence-electron chi connectivity index (χ2n) is 4.31. The largest absolute Gasteiger partial charge is 0.378 e. The molecule has 1 aliphatic heterocycles. The second-order valence-corrected chi connectivity index (χ2v) is 6.05. The Morgan fingerprint density at radius 3 is 2.63 bits per heavy atom. The van der Waals surface area contributed by atoms with Crippen molar-refractivity contribution in [2.75, 3.05) is 26.3 Å². The smallest absolute Gasteiger partial charge is 0.238 e. The molecule has 1 saturated heterocycles. The molecule has 6 heteroatoms. The quantitative estimate of drug-likeness (QED) is 0.838. The first kappa shape index (κ1) is 14.1. The number of hydrogen-bond donors (Lipinski definition) is 0. The SMILES string of the molecule is CC(C(=O)N1CCOCC1)S(=O)c1ccccc1F. The lowest BCUT2D eigenvalue weighted by atomic mass is 10.3. The minimum absolute atomic E-state index is 0.0802. The fourth-order valence-corrected chi connectivity index (χ4v) is 3.12. The van der Waals surface area contributed by atoms with Gasteiger partial charge in [0.05, 0.1) is 28.9 Å². The monoisotopic (exact) mass is 285 g/mol. The van der Waals surface area contributed by atoms with Gasteiger partial charge in [-0.3, -0.25) is 9.00 Å². The van der Waals surface area contributed by atoms with E-state index in [9.17, 15) is 13.4 Å². The number of amides is 1. The van der Waals surface area contributed by atoms with Gasteiger partial charge >= 0.3 is 0 Å². The van der Waals surface area contributed by atoms with Crippen LogP contribution in [0.4, 0.5) is 4.39 Å². The number of morpholine rings is 1. The van der Waals surface area contributed by atoms with E-state index in [1.54, 1.807) is 17.9 Å². The predicted molar refractivity (Wildman–Crippen MR) is 69.7 cm³/mol. The third-order valence-corrected chi connectivity index (χ3v) is 4.65. The van der Waals surface area contributed by atoms with E-state index in [1.165, 1.54) is 18.2 Å². The van der Waals surface area contributed by atoms with E-state index in [4.69, 9.17) is 4.74 Å². The van der Waals surface area contributed by atoms with E-state index < -0.39 is 21.9 Å². The number of rotatable bonds is 3. The van der Waals surface area contributed by atoms with Crippen LogP contribution in [0.25, 0.3) is 0 Å². The number of carbonyl (C=O) groups is 1. The molecule has 0 aromatic heterocycles. The lowest BCUT2D eigenvalue weighted by molar-refractivity contribution is -0.134. The summed E-state index contributed by atoms with van der Waals surface area (Å²) in [6.07, 6.45) is 0. The van der Waals surface area contributed by atoms with Crippen molar-refractivity contribution < 1.29 is 18.1 Å². The average Bonchev–Trinajstić information content (AvgIpc) is 2.46. The Morgan fingerprint density at radius 1 is 1.37 bits per heavy atom. The molecule has 2 unspecified atom stereocenters. The molecular weight excluding hydrogens is 269 g/mol. The van der Waals surface area contributed by atoms with Gasteiger partial charge in [0.15, 0.2) is 0 Å². The molecule has 19 heavy (non-hydrogen) atoms. The molecule has 2 atom stereocenters. The van der Waals surface area contributed by atoms with Crippen molar-refractivity contribution in [3.63, 3.8) is 0 Å².